The number of rotatable bonds is 9. The number of amides is 2. The molecule has 4 atom stereocenters. The van der Waals surface area contributed by atoms with E-state index in [0.29, 0.717) is 28.1 Å². The zero-order chi connectivity index (χ0) is 26.5. The lowest BCUT2D eigenvalue weighted by Crippen LogP contribution is -2.53. The minimum absolute atomic E-state index is 0.00434. The van der Waals surface area contributed by atoms with Gasteiger partial charge in [-0.1, -0.05) is 56.1 Å². The van der Waals surface area contributed by atoms with Gasteiger partial charge in [0, 0.05) is 22.6 Å². The molecule has 2 aromatic carbocycles. The standard InChI is InChI=1S/C28H36Cl2N2O4/c1-18(35-23-10-6-8-20(29)12-23)25(33)31-17-28(5)15-22(14-27(3,4)16-28)32-26(34)19(2)36-24-11-7-9-21(30)13-24/h6-13,18-19,22H,14-17H2,1-5H3,(H,31,33)(H,32,34). The van der Waals surface area contributed by atoms with Gasteiger partial charge in [-0.2, -0.15) is 0 Å². The minimum Gasteiger partial charge on any atom is -0.481 e. The molecule has 1 aliphatic rings. The molecule has 1 saturated carbocycles. The molecule has 0 aliphatic heterocycles. The van der Waals surface area contributed by atoms with Gasteiger partial charge in [0.1, 0.15) is 11.5 Å². The maximum atomic E-state index is 12.9. The molecule has 0 bridgehead atoms. The first-order valence-electron chi connectivity index (χ1n) is 12.3. The summed E-state index contributed by atoms with van der Waals surface area (Å²) < 4.78 is 11.5. The Morgan fingerprint density at radius 2 is 1.44 bits per heavy atom. The molecule has 2 aromatic rings. The number of benzene rings is 2. The summed E-state index contributed by atoms with van der Waals surface area (Å²) in [6.45, 7) is 10.5. The largest absolute Gasteiger partial charge is 0.481 e. The fourth-order valence-corrected chi connectivity index (χ4v) is 5.59. The van der Waals surface area contributed by atoms with Crippen LogP contribution in [0.25, 0.3) is 0 Å². The lowest BCUT2D eigenvalue weighted by atomic mass is 9.62. The topological polar surface area (TPSA) is 76.7 Å². The summed E-state index contributed by atoms with van der Waals surface area (Å²) >= 11 is 12.0. The Labute approximate surface area is 224 Å². The second kappa shape index (κ2) is 11.7. The number of carbonyl (C=O) groups is 2. The van der Waals surface area contributed by atoms with Gasteiger partial charge in [0.15, 0.2) is 12.2 Å². The van der Waals surface area contributed by atoms with E-state index in [1.54, 1.807) is 62.4 Å². The van der Waals surface area contributed by atoms with Gasteiger partial charge in [0.25, 0.3) is 11.8 Å². The third kappa shape index (κ3) is 8.31. The van der Waals surface area contributed by atoms with Crippen molar-refractivity contribution in [2.75, 3.05) is 6.54 Å². The van der Waals surface area contributed by atoms with E-state index in [9.17, 15) is 9.59 Å². The van der Waals surface area contributed by atoms with E-state index in [-0.39, 0.29) is 28.7 Å². The predicted molar refractivity (Wildman–Crippen MR) is 144 cm³/mol. The van der Waals surface area contributed by atoms with Crippen molar-refractivity contribution in [1.82, 2.24) is 10.6 Å². The van der Waals surface area contributed by atoms with Crippen molar-refractivity contribution < 1.29 is 19.1 Å². The number of ether oxygens (including phenoxy) is 2. The third-order valence-electron chi connectivity index (χ3n) is 6.44. The Morgan fingerprint density at radius 3 is 1.97 bits per heavy atom. The number of hydrogen-bond acceptors (Lipinski definition) is 4. The molecule has 1 fully saturated rings. The maximum Gasteiger partial charge on any atom is 0.260 e. The van der Waals surface area contributed by atoms with Crippen molar-refractivity contribution in [2.45, 2.75) is 72.1 Å². The van der Waals surface area contributed by atoms with E-state index in [1.165, 1.54) is 0 Å². The lowest BCUT2D eigenvalue weighted by Gasteiger charge is -2.47. The van der Waals surface area contributed by atoms with Crippen LogP contribution >= 0.6 is 23.2 Å². The van der Waals surface area contributed by atoms with Crippen LogP contribution in [0.2, 0.25) is 10.0 Å². The molecular weight excluding hydrogens is 499 g/mol. The molecule has 6 nitrogen and oxygen atoms in total. The molecule has 2 amide bonds. The Hall–Kier alpha value is -2.44. The van der Waals surface area contributed by atoms with Gasteiger partial charge in [0.2, 0.25) is 0 Å². The average Bonchev–Trinajstić information content (AvgIpc) is 2.76. The molecule has 0 spiro atoms. The van der Waals surface area contributed by atoms with Crippen molar-refractivity contribution in [1.29, 1.82) is 0 Å². The van der Waals surface area contributed by atoms with Crippen molar-refractivity contribution in [2.24, 2.45) is 10.8 Å². The van der Waals surface area contributed by atoms with E-state index < -0.39 is 12.2 Å². The zero-order valence-corrected chi connectivity index (χ0v) is 23.1. The summed E-state index contributed by atoms with van der Waals surface area (Å²) in [6.07, 6.45) is 1.19. The first-order chi connectivity index (χ1) is 16.8. The Kier molecular flexibility index (Phi) is 9.18. The summed E-state index contributed by atoms with van der Waals surface area (Å²) in [5.41, 5.74) is -0.197. The average molecular weight is 536 g/mol. The van der Waals surface area contributed by atoms with Crippen LogP contribution in [-0.2, 0) is 9.59 Å². The van der Waals surface area contributed by atoms with Crippen molar-refractivity contribution in [3.63, 3.8) is 0 Å². The van der Waals surface area contributed by atoms with Crippen LogP contribution in [0.15, 0.2) is 48.5 Å². The quantitative estimate of drug-likeness (QED) is 0.410. The molecule has 2 N–H and O–H groups in total. The molecule has 0 aromatic heterocycles. The summed E-state index contributed by atoms with van der Waals surface area (Å²) in [6, 6.07) is 14.0. The normalized spacial score (nSPS) is 22.7. The van der Waals surface area contributed by atoms with Gasteiger partial charge in [-0.05, 0) is 80.3 Å². The molecule has 0 saturated heterocycles. The van der Waals surface area contributed by atoms with Crippen LogP contribution in [0.1, 0.15) is 53.9 Å². The molecular formula is C28H36Cl2N2O4. The number of nitrogens with one attached hydrogen (secondary N) is 2. The molecule has 0 heterocycles. The van der Waals surface area contributed by atoms with Crippen LogP contribution < -0.4 is 20.1 Å². The highest BCUT2D eigenvalue weighted by Crippen LogP contribution is 2.45. The Balaban J connectivity index is 1.56. The Morgan fingerprint density at radius 1 is 0.917 bits per heavy atom. The van der Waals surface area contributed by atoms with Gasteiger partial charge in [-0.3, -0.25) is 9.59 Å². The smallest absolute Gasteiger partial charge is 0.260 e. The van der Waals surface area contributed by atoms with Crippen LogP contribution in [-0.4, -0.2) is 36.6 Å². The summed E-state index contributed by atoms with van der Waals surface area (Å²) in [4.78, 5) is 25.7. The predicted octanol–water partition coefficient (Wildman–Crippen LogP) is 6.05. The monoisotopic (exact) mass is 534 g/mol. The Bertz CT molecular complexity index is 1080. The van der Waals surface area contributed by atoms with Gasteiger partial charge in [-0.15, -0.1) is 0 Å². The maximum absolute atomic E-state index is 12.9. The van der Waals surface area contributed by atoms with Crippen LogP contribution in [0, 0.1) is 10.8 Å². The van der Waals surface area contributed by atoms with E-state index >= 15 is 0 Å². The van der Waals surface area contributed by atoms with Crippen LogP contribution in [0.3, 0.4) is 0 Å². The SMILES string of the molecule is CC(Oc1cccc(Cl)c1)C(=O)NCC1(C)CC(NC(=O)C(C)Oc2cccc(Cl)c2)CC(C)(C)C1. The van der Waals surface area contributed by atoms with Crippen molar-refractivity contribution in [3.8, 4) is 11.5 Å². The summed E-state index contributed by atoms with van der Waals surface area (Å²) in [5, 5.41) is 7.33. The number of carbonyl (C=O) groups excluding carboxylic acids is 2. The molecule has 8 heteroatoms. The van der Waals surface area contributed by atoms with Gasteiger partial charge >= 0.3 is 0 Å². The lowest BCUT2D eigenvalue weighted by molar-refractivity contribution is -0.130. The highest BCUT2D eigenvalue weighted by atomic mass is 35.5. The van der Waals surface area contributed by atoms with E-state index in [2.05, 4.69) is 31.4 Å². The molecule has 196 valence electrons. The molecule has 1 aliphatic carbocycles. The third-order valence-corrected chi connectivity index (χ3v) is 6.91. The second-order valence-electron chi connectivity index (χ2n) is 10.9. The van der Waals surface area contributed by atoms with E-state index in [4.69, 9.17) is 32.7 Å². The van der Waals surface area contributed by atoms with Crippen molar-refractivity contribution in [3.05, 3.63) is 58.6 Å². The fraction of sp³-hybridized carbons (Fsp3) is 0.500. The number of halogens is 2. The molecule has 4 unspecified atom stereocenters. The van der Waals surface area contributed by atoms with Crippen LogP contribution in [0.4, 0.5) is 0 Å². The highest BCUT2D eigenvalue weighted by Gasteiger charge is 2.42. The number of hydrogen-bond donors (Lipinski definition) is 2. The van der Waals surface area contributed by atoms with E-state index in [0.717, 1.165) is 19.3 Å². The second-order valence-corrected chi connectivity index (χ2v) is 11.8. The summed E-state index contributed by atoms with van der Waals surface area (Å²) in [5.74, 6) is 0.735. The van der Waals surface area contributed by atoms with Crippen molar-refractivity contribution >= 4 is 35.0 Å². The van der Waals surface area contributed by atoms with Gasteiger partial charge in [0.05, 0.1) is 0 Å². The van der Waals surface area contributed by atoms with E-state index in [1.807, 2.05) is 0 Å². The highest BCUT2D eigenvalue weighted by molar-refractivity contribution is 6.31. The first kappa shape index (κ1) is 28.1. The molecule has 0 radical (unpaired) electrons. The van der Waals surface area contributed by atoms with Crippen LogP contribution in [0.5, 0.6) is 11.5 Å². The first-order valence-corrected chi connectivity index (χ1v) is 13.0. The summed E-state index contributed by atoms with van der Waals surface area (Å²) in [7, 11) is 0. The molecule has 36 heavy (non-hydrogen) atoms. The zero-order valence-electron chi connectivity index (χ0n) is 21.6. The fourth-order valence-electron chi connectivity index (χ4n) is 5.23. The minimum atomic E-state index is -0.663. The molecule has 3 rings (SSSR count). The van der Waals surface area contributed by atoms with Gasteiger partial charge in [-0.25, -0.2) is 0 Å². The van der Waals surface area contributed by atoms with Gasteiger partial charge < -0.3 is 20.1 Å².